The molecule has 0 unspecified atom stereocenters. The van der Waals surface area contributed by atoms with Crippen LogP contribution in [0.1, 0.15) is 47.3 Å². The van der Waals surface area contributed by atoms with Gasteiger partial charge in [0.05, 0.1) is 0 Å². The molecule has 1 aliphatic carbocycles. The van der Waals surface area contributed by atoms with Gasteiger partial charge < -0.3 is 14.8 Å². The van der Waals surface area contributed by atoms with E-state index in [1.54, 1.807) is 18.5 Å². The molecule has 0 aromatic carbocycles. The van der Waals surface area contributed by atoms with Gasteiger partial charge in [0.25, 0.3) is 5.91 Å². The first-order valence-electron chi connectivity index (χ1n) is 6.56. The van der Waals surface area contributed by atoms with Crippen LogP contribution in [0, 0.1) is 0 Å². The van der Waals surface area contributed by atoms with Gasteiger partial charge in [0.15, 0.2) is 5.69 Å². The van der Waals surface area contributed by atoms with Crippen LogP contribution in [0.15, 0.2) is 23.0 Å². The Balaban J connectivity index is 1.42. The fraction of sp³-hybridized carbons (Fsp3) is 0.462. The largest absolute Gasteiger partial charge is 0.360 e. The molecule has 2 aromatic rings. The van der Waals surface area contributed by atoms with Gasteiger partial charge in [0.2, 0.25) is 0 Å². The second kappa shape index (κ2) is 5.26. The Morgan fingerprint density at radius 2 is 2.42 bits per heavy atom. The highest BCUT2D eigenvalue weighted by Crippen LogP contribution is 2.40. The van der Waals surface area contributed by atoms with Gasteiger partial charge >= 0.3 is 0 Å². The van der Waals surface area contributed by atoms with Gasteiger partial charge in [-0.3, -0.25) is 4.79 Å². The highest BCUT2D eigenvalue weighted by Gasteiger charge is 2.28. The van der Waals surface area contributed by atoms with Crippen molar-refractivity contribution < 1.29 is 9.32 Å². The van der Waals surface area contributed by atoms with Crippen LogP contribution >= 0.6 is 0 Å². The number of aromatic amines is 1. The first-order chi connectivity index (χ1) is 9.33. The normalized spacial score (nSPS) is 14.5. The Kier molecular flexibility index (Phi) is 3.31. The molecule has 1 fully saturated rings. The third-order valence-corrected chi connectivity index (χ3v) is 3.17. The molecule has 0 atom stereocenters. The lowest BCUT2D eigenvalue weighted by Gasteiger charge is -2.01. The predicted octanol–water partition coefficient (Wildman–Crippen LogP) is 1.64. The monoisotopic (exact) mass is 260 g/mol. The Bertz CT molecular complexity index is 543. The summed E-state index contributed by atoms with van der Waals surface area (Å²) in [5.41, 5.74) is 0.375. The lowest BCUT2D eigenvalue weighted by molar-refractivity contribution is 0.0944. The Morgan fingerprint density at radius 1 is 1.53 bits per heavy atom. The number of nitrogens with zero attached hydrogens (tertiary/aromatic N) is 2. The highest BCUT2D eigenvalue weighted by molar-refractivity contribution is 5.92. The maximum atomic E-state index is 11.8. The van der Waals surface area contributed by atoms with E-state index in [0.29, 0.717) is 18.2 Å². The van der Waals surface area contributed by atoms with Crippen molar-refractivity contribution in [2.45, 2.75) is 31.6 Å². The molecule has 0 bridgehead atoms. The summed E-state index contributed by atoms with van der Waals surface area (Å²) in [6, 6.07) is 1.75. The lowest BCUT2D eigenvalue weighted by atomic mass is 10.2. The van der Waals surface area contributed by atoms with Crippen LogP contribution in [0.5, 0.6) is 0 Å². The number of H-pyrrole nitrogens is 1. The van der Waals surface area contributed by atoms with Crippen LogP contribution in [-0.4, -0.2) is 27.6 Å². The summed E-state index contributed by atoms with van der Waals surface area (Å²) < 4.78 is 5.15. The van der Waals surface area contributed by atoms with E-state index in [2.05, 4.69) is 20.4 Å². The van der Waals surface area contributed by atoms with Crippen molar-refractivity contribution in [2.24, 2.45) is 0 Å². The van der Waals surface area contributed by atoms with Crippen LogP contribution in [0.3, 0.4) is 0 Å². The summed E-state index contributed by atoms with van der Waals surface area (Å²) in [7, 11) is 0. The van der Waals surface area contributed by atoms with Crippen LogP contribution < -0.4 is 5.32 Å². The van der Waals surface area contributed by atoms with Gasteiger partial charge in [0.1, 0.15) is 11.6 Å². The number of imidazole rings is 1. The van der Waals surface area contributed by atoms with Crippen molar-refractivity contribution in [1.82, 2.24) is 20.4 Å². The molecule has 0 radical (unpaired) electrons. The minimum Gasteiger partial charge on any atom is -0.360 e. The van der Waals surface area contributed by atoms with Crippen LogP contribution in [0.2, 0.25) is 0 Å². The van der Waals surface area contributed by atoms with Crippen molar-refractivity contribution in [1.29, 1.82) is 0 Å². The third kappa shape index (κ3) is 3.01. The van der Waals surface area contributed by atoms with Crippen LogP contribution in [0.25, 0.3) is 0 Å². The number of amides is 1. The smallest absolute Gasteiger partial charge is 0.273 e. The Hall–Kier alpha value is -2.11. The first-order valence-corrected chi connectivity index (χ1v) is 6.56. The van der Waals surface area contributed by atoms with Crippen molar-refractivity contribution in [2.75, 3.05) is 6.54 Å². The zero-order valence-electron chi connectivity index (χ0n) is 10.6. The van der Waals surface area contributed by atoms with Crippen molar-refractivity contribution in [3.63, 3.8) is 0 Å². The molecule has 2 aromatic heterocycles. The molecule has 0 saturated heterocycles. The minimum atomic E-state index is -0.171. The number of nitrogens with one attached hydrogen (secondary N) is 2. The summed E-state index contributed by atoms with van der Waals surface area (Å²) in [6.07, 6.45) is 7.45. The molecule has 0 spiro atoms. The molecular weight excluding hydrogens is 244 g/mol. The quantitative estimate of drug-likeness (QED) is 0.773. The molecule has 6 heteroatoms. The zero-order chi connectivity index (χ0) is 13.1. The van der Waals surface area contributed by atoms with E-state index < -0.39 is 0 Å². The highest BCUT2D eigenvalue weighted by atomic mass is 16.5. The lowest BCUT2D eigenvalue weighted by Crippen LogP contribution is -2.25. The zero-order valence-corrected chi connectivity index (χ0v) is 10.6. The van der Waals surface area contributed by atoms with Gasteiger partial charge in [-0.1, -0.05) is 5.16 Å². The van der Waals surface area contributed by atoms with E-state index in [4.69, 9.17) is 4.52 Å². The van der Waals surface area contributed by atoms with Crippen LogP contribution in [0.4, 0.5) is 0 Å². The van der Waals surface area contributed by atoms with E-state index in [0.717, 1.165) is 37.3 Å². The molecule has 0 aliphatic heterocycles. The number of rotatable bonds is 6. The molecule has 1 saturated carbocycles. The van der Waals surface area contributed by atoms with Gasteiger partial charge in [0, 0.05) is 37.3 Å². The Labute approximate surface area is 110 Å². The average Bonchev–Trinajstić information content (AvgIpc) is 2.95. The van der Waals surface area contributed by atoms with Crippen molar-refractivity contribution in [3.05, 3.63) is 35.7 Å². The van der Waals surface area contributed by atoms with Crippen LogP contribution in [-0.2, 0) is 6.42 Å². The minimum absolute atomic E-state index is 0.171. The number of hydrogen-bond donors (Lipinski definition) is 2. The Morgan fingerprint density at radius 3 is 3.16 bits per heavy atom. The fourth-order valence-corrected chi connectivity index (χ4v) is 1.94. The van der Waals surface area contributed by atoms with Gasteiger partial charge in [-0.15, -0.1) is 0 Å². The summed E-state index contributed by atoms with van der Waals surface area (Å²) >= 11 is 0. The summed E-state index contributed by atoms with van der Waals surface area (Å²) in [4.78, 5) is 19.0. The topological polar surface area (TPSA) is 83.8 Å². The third-order valence-electron chi connectivity index (χ3n) is 3.17. The molecule has 1 aliphatic rings. The SMILES string of the molecule is O=C(NCCCc1ncc[nH]1)c1cc(C2CC2)on1. The molecule has 2 N–H and O–H groups in total. The molecule has 19 heavy (non-hydrogen) atoms. The van der Waals surface area contributed by atoms with Crippen molar-refractivity contribution >= 4 is 5.91 Å². The number of aryl methyl sites for hydroxylation is 1. The first kappa shape index (κ1) is 12.0. The van der Waals surface area contributed by atoms with E-state index in [1.807, 2.05) is 0 Å². The molecular formula is C13H16N4O2. The van der Waals surface area contributed by atoms with Gasteiger partial charge in [-0.05, 0) is 19.3 Å². The number of carbonyl (C=O) groups is 1. The van der Waals surface area contributed by atoms with E-state index in [-0.39, 0.29) is 5.91 Å². The predicted molar refractivity (Wildman–Crippen MR) is 67.7 cm³/mol. The summed E-state index contributed by atoms with van der Waals surface area (Å²) in [5, 5.41) is 6.63. The maximum absolute atomic E-state index is 11.8. The molecule has 2 heterocycles. The number of hydrogen-bond acceptors (Lipinski definition) is 4. The van der Waals surface area contributed by atoms with Gasteiger partial charge in [-0.25, -0.2) is 4.98 Å². The average molecular weight is 260 g/mol. The molecule has 6 nitrogen and oxygen atoms in total. The standard InChI is InChI=1S/C13H16N4O2/c18-13(10-8-11(19-17-10)9-3-4-9)16-5-1-2-12-14-6-7-15-12/h6-9H,1-5H2,(H,14,15)(H,16,18). The summed E-state index contributed by atoms with van der Waals surface area (Å²) in [5.74, 6) is 2.08. The molecule has 1 amide bonds. The van der Waals surface area contributed by atoms with E-state index in [9.17, 15) is 4.79 Å². The second-order valence-corrected chi connectivity index (χ2v) is 4.78. The molecule has 100 valence electrons. The number of carbonyl (C=O) groups excluding carboxylic acids is 1. The number of aromatic nitrogens is 3. The maximum Gasteiger partial charge on any atom is 0.273 e. The molecule has 3 rings (SSSR count). The van der Waals surface area contributed by atoms with Crippen molar-refractivity contribution in [3.8, 4) is 0 Å². The second-order valence-electron chi connectivity index (χ2n) is 4.78. The van der Waals surface area contributed by atoms with Gasteiger partial charge in [-0.2, -0.15) is 0 Å². The van der Waals surface area contributed by atoms with E-state index in [1.165, 1.54) is 0 Å². The van der Waals surface area contributed by atoms with E-state index >= 15 is 0 Å². The summed E-state index contributed by atoms with van der Waals surface area (Å²) in [6.45, 7) is 0.602. The fourth-order valence-electron chi connectivity index (χ4n) is 1.94.